The van der Waals surface area contributed by atoms with E-state index in [0.29, 0.717) is 22.4 Å². The summed E-state index contributed by atoms with van der Waals surface area (Å²) in [4.78, 5) is 41.9. The van der Waals surface area contributed by atoms with E-state index in [4.69, 9.17) is 21.2 Å². The predicted octanol–water partition coefficient (Wildman–Crippen LogP) is 4.29. The number of hydrogen-bond acceptors (Lipinski definition) is 5. The van der Waals surface area contributed by atoms with Gasteiger partial charge in [-0.1, -0.05) is 40.9 Å². The largest absolute Gasteiger partial charge is 0.489 e. The minimum absolute atomic E-state index is 0.205. The number of imide groups is 1. The molecule has 1 aliphatic heterocycles. The van der Waals surface area contributed by atoms with Gasteiger partial charge >= 0.3 is 5.97 Å². The summed E-state index contributed by atoms with van der Waals surface area (Å²) in [6, 6.07) is 19.8. The highest BCUT2D eigenvalue weighted by Gasteiger charge is 2.38. The molecule has 0 aromatic heterocycles. The Morgan fingerprint density at radius 2 is 1.41 bits per heavy atom. The molecule has 0 saturated carbocycles. The summed E-state index contributed by atoms with van der Waals surface area (Å²) in [7, 11) is 0. The van der Waals surface area contributed by atoms with E-state index >= 15 is 0 Å². The summed E-state index contributed by atoms with van der Waals surface area (Å²) >= 11 is 5.84. The normalized spacial score (nSPS) is 12.7. The molecule has 4 rings (SSSR count). The highest BCUT2D eigenvalue weighted by atomic mass is 35.5. The van der Waals surface area contributed by atoms with E-state index in [-0.39, 0.29) is 16.7 Å². The Labute approximate surface area is 171 Å². The molecule has 1 heterocycles. The molecule has 29 heavy (non-hydrogen) atoms. The second-order valence-electron chi connectivity index (χ2n) is 6.27. The molecule has 0 bridgehead atoms. The molecule has 7 heteroatoms. The third kappa shape index (κ3) is 3.83. The quantitative estimate of drug-likeness (QED) is 0.590. The van der Waals surface area contributed by atoms with Crippen molar-refractivity contribution >= 4 is 29.4 Å². The van der Waals surface area contributed by atoms with Gasteiger partial charge in [0.05, 0.1) is 16.7 Å². The number of amides is 2. The fourth-order valence-corrected chi connectivity index (χ4v) is 2.95. The van der Waals surface area contributed by atoms with Gasteiger partial charge in [0.15, 0.2) is 0 Å². The molecule has 0 saturated heterocycles. The fourth-order valence-electron chi connectivity index (χ4n) is 2.82. The number of benzene rings is 3. The Bertz CT molecular complexity index is 1060. The number of hydroxylamine groups is 2. The lowest BCUT2D eigenvalue weighted by atomic mass is 10.1. The average molecular weight is 408 g/mol. The zero-order chi connectivity index (χ0) is 20.4. The molecule has 6 nitrogen and oxygen atoms in total. The maximum absolute atomic E-state index is 12.4. The second-order valence-corrected chi connectivity index (χ2v) is 6.70. The van der Waals surface area contributed by atoms with Crippen LogP contribution in [0.25, 0.3) is 0 Å². The van der Waals surface area contributed by atoms with Crippen LogP contribution < -0.4 is 4.74 Å². The Balaban J connectivity index is 1.39. The Kier molecular flexibility index (Phi) is 5.01. The molecule has 0 radical (unpaired) electrons. The first-order valence-corrected chi connectivity index (χ1v) is 9.08. The van der Waals surface area contributed by atoms with Crippen molar-refractivity contribution in [3.8, 4) is 5.75 Å². The standard InChI is InChI=1S/C22H14ClNO5/c23-16-9-11-17(12-10-16)28-13-14-5-7-15(8-6-14)22(27)29-24-20(25)18-3-1-2-4-19(18)21(24)26/h1-12H,13H2. The third-order valence-corrected chi connectivity index (χ3v) is 4.59. The number of rotatable bonds is 5. The lowest BCUT2D eigenvalue weighted by molar-refractivity contribution is -0.0584. The Morgan fingerprint density at radius 1 is 0.828 bits per heavy atom. The number of hydrogen-bond donors (Lipinski definition) is 0. The molecule has 2 amide bonds. The van der Waals surface area contributed by atoms with Gasteiger partial charge in [-0.05, 0) is 54.1 Å². The Morgan fingerprint density at radius 3 is 2.00 bits per heavy atom. The molecular formula is C22H14ClNO5. The van der Waals surface area contributed by atoms with Gasteiger partial charge in [-0.15, -0.1) is 0 Å². The smallest absolute Gasteiger partial charge is 0.363 e. The van der Waals surface area contributed by atoms with Crippen LogP contribution in [-0.4, -0.2) is 22.8 Å². The molecule has 0 unspecified atom stereocenters. The van der Waals surface area contributed by atoms with Crippen LogP contribution in [0.1, 0.15) is 36.6 Å². The monoisotopic (exact) mass is 407 g/mol. The molecule has 3 aromatic rings. The zero-order valence-electron chi connectivity index (χ0n) is 15.0. The van der Waals surface area contributed by atoms with Crippen LogP contribution in [0.5, 0.6) is 5.75 Å². The number of nitrogens with zero attached hydrogens (tertiary/aromatic N) is 1. The van der Waals surface area contributed by atoms with Gasteiger partial charge in [-0.2, -0.15) is 0 Å². The Hall–Kier alpha value is -3.64. The molecule has 3 aromatic carbocycles. The van der Waals surface area contributed by atoms with Crippen molar-refractivity contribution in [2.75, 3.05) is 0 Å². The maximum Gasteiger partial charge on any atom is 0.363 e. The SMILES string of the molecule is O=C(ON1C(=O)c2ccccc2C1=O)c1ccc(COc2ccc(Cl)cc2)cc1. The molecule has 1 aliphatic rings. The number of ether oxygens (including phenoxy) is 1. The van der Waals surface area contributed by atoms with Crippen molar-refractivity contribution < 1.29 is 24.0 Å². The van der Waals surface area contributed by atoms with Crippen LogP contribution in [-0.2, 0) is 11.4 Å². The minimum Gasteiger partial charge on any atom is -0.489 e. The lowest BCUT2D eigenvalue weighted by Crippen LogP contribution is -2.32. The lowest BCUT2D eigenvalue weighted by Gasteiger charge is -2.13. The summed E-state index contributed by atoms with van der Waals surface area (Å²) in [5, 5.41) is 1.11. The van der Waals surface area contributed by atoms with Gasteiger partial charge in [0.2, 0.25) is 0 Å². The second kappa shape index (κ2) is 7.77. The van der Waals surface area contributed by atoms with Crippen LogP contribution >= 0.6 is 11.6 Å². The van der Waals surface area contributed by atoms with E-state index in [1.807, 2.05) is 0 Å². The van der Waals surface area contributed by atoms with Crippen LogP contribution in [0.2, 0.25) is 5.02 Å². The van der Waals surface area contributed by atoms with Gasteiger partial charge in [-0.25, -0.2) is 4.79 Å². The first kappa shape index (κ1) is 18.7. The summed E-state index contributed by atoms with van der Waals surface area (Å²) < 4.78 is 5.65. The van der Waals surface area contributed by atoms with Gasteiger partial charge in [0.25, 0.3) is 11.8 Å². The summed E-state index contributed by atoms with van der Waals surface area (Å²) in [6.07, 6.45) is 0. The van der Waals surface area contributed by atoms with Gasteiger partial charge in [0, 0.05) is 5.02 Å². The highest BCUT2D eigenvalue weighted by molar-refractivity contribution is 6.30. The molecule has 0 spiro atoms. The number of carbonyl (C=O) groups is 3. The first-order valence-electron chi connectivity index (χ1n) is 8.70. The summed E-state index contributed by atoms with van der Waals surface area (Å²) in [6.45, 7) is 0.301. The maximum atomic E-state index is 12.4. The summed E-state index contributed by atoms with van der Waals surface area (Å²) in [5.41, 5.74) is 1.45. The van der Waals surface area contributed by atoms with E-state index in [1.165, 1.54) is 12.1 Å². The minimum atomic E-state index is -0.801. The molecule has 0 N–H and O–H groups in total. The number of carbonyl (C=O) groups excluding carboxylic acids is 3. The third-order valence-electron chi connectivity index (χ3n) is 4.34. The highest BCUT2D eigenvalue weighted by Crippen LogP contribution is 2.23. The van der Waals surface area contributed by atoms with Crippen molar-refractivity contribution in [2.45, 2.75) is 6.61 Å². The fraction of sp³-hybridized carbons (Fsp3) is 0.0455. The first-order chi connectivity index (χ1) is 14.0. The van der Waals surface area contributed by atoms with Crippen molar-refractivity contribution in [3.05, 3.63) is 100 Å². The van der Waals surface area contributed by atoms with Crippen molar-refractivity contribution in [2.24, 2.45) is 0 Å². The van der Waals surface area contributed by atoms with E-state index in [0.717, 1.165) is 5.56 Å². The topological polar surface area (TPSA) is 72.9 Å². The average Bonchev–Trinajstić information content (AvgIpc) is 2.99. The molecule has 0 atom stereocenters. The zero-order valence-corrected chi connectivity index (χ0v) is 15.8. The number of fused-ring (bicyclic) bond motifs is 1. The molecule has 0 fully saturated rings. The van der Waals surface area contributed by atoms with Gasteiger partial charge < -0.3 is 9.57 Å². The van der Waals surface area contributed by atoms with Crippen molar-refractivity contribution in [3.63, 3.8) is 0 Å². The number of halogens is 1. The van der Waals surface area contributed by atoms with Crippen LogP contribution in [0, 0.1) is 0 Å². The van der Waals surface area contributed by atoms with Gasteiger partial charge in [-0.3, -0.25) is 9.59 Å². The molecular weight excluding hydrogens is 394 g/mol. The van der Waals surface area contributed by atoms with E-state index in [1.54, 1.807) is 60.7 Å². The van der Waals surface area contributed by atoms with Crippen molar-refractivity contribution in [1.82, 2.24) is 5.06 Å². The molecule has 144 valence electrons. The predicted molar refractivity (Wildman–Crippen MR) is 105 cm³/mol. The molecule has 0 aliphatic carbocycles. The van der Waals surface area contributed by atoms with Crippen LogP contribution in [0.15, 0.2) is 72.8 Å². The van der Waals surface area contributed by atoms with Crippen LogP contribution in [0.3, 0.4) is 0 Å². The van der Waals surface area contributed by atoms with E-state index in [2.05, 4.69) is 0 Å². The van der Waals surface area contributed by atoms with Crippen molar-refractivity contribution in [1.29, 1.82) is 0 Å². The van der Waals surface area contributed by atoms with E-state index in [9.17, 15) is 14.4 Å². The summed E-state index contributed by atoms with van der Waals surface area (Å²) in [5.74, 6) is -1.45. The van der Waals surface area contributed by atoms with Crippen LogP contribution in [0.4, 0.5) is 0 Å². The van der Waals surface area contributed by atoms with Gasteiger partial charge in [0.1, 0.15) is 12.4 Å². The van der Waals surface area contributed by atoms with E-state index < -0.39 is 17.8 Å².